The molecule has 0 amide bonds. The largest absolute Gasteiger partial charge is 0.496 e. The fourth-order valence-electron chi connectivity index (χ4n) is 2.19. The van der Waals surface area contributed by atoms with Crippen molar-refractivity contribution in [1.82, 2.24) is 20.4 Å². The van der Waals surface area contributed by atoms with Crippen LogP contribution in [0.5, 0.6) is 5.75 Å². The Balaban J connectivity index is 0.00000264. The van der Waals surface area contributed by atoms with Crippen LogP contribution in [0.15, 0.2) is 41.5 Å². The first kappa shape index (κ1) is 19.3. The van der Waals surface area contributed by atoms with E-state index in [1.165, 1.54) is 5.56 Å². The van der Waals surface area contributed by atoms with Crippen LogP contribution in [0.3, 0.4) is 0 Å². The predicted octanol–water partition coefficient (Wildman–Crippen LogP) is 1.95. The standard InChI is InChI=1S/C16H23N5O.HI/c1-17-16(19-12-14-9-11-20-21(14)2)18-10-8-13-6-4-5-7-15(13)22-3;/h4-7,9,11H,8,10,12H2,1-3H3,(H2,17,18,19);1H. The van der Waals surface area contributed by atoms with Crippen LogP contribution in [0.2, 0.25) is 0 Å². The molecule has 1 heterocycles. The van der Waals surface area contributed by atoms with E-state index in [1.54, 1.807) is 20.4 Å². The first-order valence-corrected chi connectivity index (χ1v) is 7.28. The SMILES string of the molecule is CN=C(NCCc1ccccc1OC)NCc1ccnn1C.I. The fraction of sp³-hybridized carbons (Fsp3) is 0.375. The van der Waals surface area contributed by atoms with E-state index in [9.17, 15) is 0 Å². The molecule has 1 aromatic carbocycles. The van der Waals surface area contributed by atoms with E-state index in [1.807, 2.05) is 36.0 Å². The van der Waals surface area contributed by atoms with Gasteiger partial charge in [-0.2, -0.15) is 5.10 Å². The molecular weight excluding hydrogens is 405 g/mol. The fourth-order valence-corrected chi connectivity index (χ4v) is 2.19. The van der Waals surface area contributed by atoms with Gasteiger partial charge in [0.05, 0.1) is 19.3 Å². The molecule has 0 unspecified atom stereocenters. The van der Waals surface area contributed by atoms with Gasteiger partial charge in [-0.1, -0.05) is 18.2 Å². The monoisotopic (exact) mass is 429 g/mol. The third-order valence-electron chi connectivity index (χ3n) is 3.46. The summed E-state index contributed by atoms with van der Waals surface area (Å²) in [5.41, 5.74) is 2.28. The lowest BCUT2D eigenvalue weighted by atomic mass is 10.1. The third kappa shape index (κ3) is 5.74. The molecule has 0 atom stereocenters. The van der Waals surface area contributed by atoms with Crippen LogP contribution in [-0.4, -0.2) is 36.4 Å². The van der Waals surface area contributed by atoms with Crippen molar-refractivity contribution >= 4 is 29.9 Å². The molecular formula is C16H24IN5O. The smallest absolute Gasteiger partial charge is 0.191 e. The molecule has 0 fully saturated rings. The van der Waals surface area contributed by atoms with Crippen molar-refractivity contribution < 1.29 is 4.74 Å². The van der Waals surface area contributed by atoms with Gasteiger partial charge in [-0.3, -0.25) is 9.67 Å². The van der Waals surface area contributed by atoms with E-state index in [0.717, 1.165) is 30.4 Å². The number of hydrogen-bond acceptors (Lipinski definition) is 3. The van der Waals surface area contributed by atoms with E-state index in [-0.39, 0.29) is 24.0 Å². The summed E-state index contributed by atoms with van der Waals surface area (Å²) in [5, 5.41) is 10.7. The topological polar surface area (TPSA) is 63.5 Å². The van der Waals surface area contributed by atoms with E-state index in [4.69, 9.17) is 4.74 Å². The molecule has 0 bridgehead atoms. The van der Waals surface area contributed by atoms with Crippen molar-refractivity contribution in [2.45, 2.75) is 13.0 Å². The first-order valence-electron chi connectivity index (χ1n) is 7.28. The number of aryl methyl sites for hydroxylation is 1. The molecule has 0 aliphatic rings. The Hall–Kier alpha value is -1.77. The number of nitrogens with zero attached hydrogens (tertiary/aromatic N) is 3. The minimum atomic E-state index is 0. The van der Waals surface area contributed by atoms with Gasteiger partial charge in [-0.15, -0.1) is 24.0 Å². The van der Waals surface area contributed by atoms with Gasteiger partial charge in [-0.05, 0) is 24.1 Å². The van der Waals surface area contributed by atoms with Crippen LogP contribution in [0.1, 0.15) is 11.3 Å². The second-order valence-electron chi connectivity index (χ2n) is 4.86. The summed E-state index contributed by atoms with van der Waals surface area (Å²) >= 11 is 0. The molecule has 6 nitrogen and oxygen atoms in total. The van der Waals surface area contributed by atoms with E-state index >= 15 is 0 Å². The Labute approximate surface area is 154 Å². The average molecular weight is 429 g/mol. The van der Waals surface area contributed by atoms with Gasteiger partial charge < -0.3 is 15.4 Å². The lowest BCUT2D eigenvalue weighted by Crippen LogP contribution is -2.38. The molecule has 0 spiro atoms. The number of methoxy groups -OCH3 is 1. The third-order valence-corrected chi connectivity index (χ3v) is 3.46. The zero-order valence-corrected chi connectivity index (χ0v) is 16.1. The lowest BCUT2D eigenvalue weighted by molar-refractivity contribution is 0.409. The summed E-state index contributed by atoms with van der Waals surface area (Å²) in [6, 6.07) is 10.0. The molecule has 2 aromatic rings. The van der Waals surface area contributed by atoms with E-state index in [2.05, 4.69) is 26.8 Å². The van der Waals surface area contributed by atoms with Crippen molar-refractivity contribution in [3.05, 3.63) is 47.8 Å². The highest BCUT2D eigenvalue weighted by molar-refractivity contribution is 14.0. The summed E-state index contributed by atoms with van der Waals surface area (Å²) < 4.78 is 7.20. The molecule has 126 valence electrons. The Morgan fingerprint density at radius 1 is 1.26 bits per heavy atom. The molecule has 2 rings (SSSR count). The van der Waals surface area contributed by atoms with Gasteiger partial charge in [0.2, 0.25) is 0 Å². The number of halogens is 1. The van der Waals surface area contributed by atoms with Gasteiger partial charge in [0.25, 0.3) is 0 Å². The minimum absolute atomic E-state index is 0. The first-order chi connectivity index (χ1) is 10.7. The zero-order chi connectivity index (χ0) is 15.8. The number of nitrogens with one attached hydrogen (secondary N) is 2. The van der Waals surface area contributed by atoms with Crippen molar-refractivity contribution in [3.63, 3.8) is 0 Å². The van der Waals surface area contributed by atoms with Crippen molar-refractivity contribution in [2.75, 3.05) is 20.7 Å². The van der Waals surface area contributed by atoms with Crippen molar-refractivity contribution in [1.29, 1.82) is 0 Å². The summed E-state index contributed by atoms with van der Waals surface area (Å²) in [5.74, 6) is 1.69. The van der Waals surface area contributed by atoms with Crippen LogP contribution in [0.25, 0.3) is 0 Å². The molecule has 0 radical (unpaired) electrons. The number of ether oxygens (including phenoxy) is 1. The quantitative estimate of drug-likeness (QED) is 0.419. The maximum atomic E-state index is 5.36. The van der Waals surface area contributed by atoms with Crippen molar-refractivity contribution in [2.24, 2.45) is 12.0 Å². The van der Waals surface area contributed by atoms with Gasteiger partial charge in [0, 0.05) is 26.8 Å². The highest BCUT2D eigenvalue weighted by Gasteiger charge is 2.03. The Kier molecular flexibility index (Phi) is 8.46. The summed E-state index contributed by atoms with van der Waals surface area (Å²) in [4.78, 5) is 4.22. The highest BCUT2D eigenvalue weighted by atomic mass is 127. The maximum absolute atomic E-state index is 5.36. The molecule has 0 aliphatic heterocycles. The Morgan fingerprint density at radius 3 is 2.70 bits per heavy atom. The summed E-state index contributed by atoms with van der Waals surface area (Å²) in [6.45, 7) is 1.47. The normalized spacial score (nSPS) is 10.8. The number of aromatic nitrogens is 2. The molecule has 0 saturated carbocycles. The Bertz CT molecular complexity index is 626. The molecule has 7 heteroatoms. The molecule has 0 aliphatic carbocycles. The van der Waals surface area contributed by atoms with Gasteiger partial charge in [-0.25, -0.2) is 0 Å². The second-order valence-corrected chi connectivity index (χ2v) is 4.86. The number of benzene rings is 1. The van der Waals surface area contributed by atoms with Gasteiger partial charge in [0.15, 0.2) is 5.96 Å². The molecule has 0 saturated heterocycles. The van der Waals surface area contributed by atoms with E-state index < -0.39 is 0 Å². The molecule has 23 heavy (non-hydrogen) atoms. The summed E-state index contributed by atoms with van der Waals surface area (Å²) in [6.07, 6.45) is 2.66. The minimum Gasteiger partial charge on any atom is -0.496 e. The maximum Gasteiger partial charge on any atom is 0.191 e. The van der Waals surface area contributed by atoms with Crippen LogP contribution in [-0.2, 0) is 20.0 Å². The molecule has 2 N–H and O–H groups in total. The van der Waals surface area contributed by atoms with Gasteiger partial charge >= 0.3 is 0 Å². The number of rotatable bonds is 6. The second kappa shape index (κ2) is 10.1. The van der Waals surface area contributed by atoms with Gasteiger partial charge in [0.1, 0.15) is 5.75 Å². The predicted molar refractivity (Wildman–Crippen MR) is 104 cm³/mol. The van der Waals surface area contributed by atoms with Crippen LogP contribution in [0.4, 0.5) is 0 Å². The molecule has 1 aromatic heterocycles. The van der Waals surface area contributed by atoms with Crippen LogP contribution < -0.4 is 15.4 Å². The number of hydrogen-bond donors (Lipinski definition) is 2. The van der Waals surface area contributed by atoms with Crippen LogP contribution >= 0.6 is 24.0 Å². The van der Waals surface area contributed by atoms with Crippen molar-refractivity contribution in [3.8, 4) is 5.75 Å². The van der Waals surface area contributed by atoms with Crippen LogP contribution in [0, 0.1) is 0 Å². The number of guanidine groups is 1. The van der Waals surface area contributed by atoms with E-state index in [0.29, 0.717) is 6.54 Å². The number of para-hydroxylation sites is 1. The summed E-state index contributed by atoms with van der Waals surface area (Å²) in [7, 11) is 5.39. The highest BCUT2D eigenvalue weighted by Crippen LogP contribution is 2.17. The average Bonchev–Trinajstić information content (AvgIpc) is 2.96. The Morgan fingerprint density at radius 2 is 2.04 bits per heavy atom. The lowest BCUT2D eigenvalue weighted by Gasteiger charge is -2.13. The number of aliphatic imine (C=N–C) groups is 1. The zero-order valence-electron chi connectivity index (χ0n) is 13.7.